The third-order valence-corrected chi connectivity index (χ3v) is 0. The van der Waals surface area contributed by atoms with Crippen LogP contribution < -0.4 is 0 Å². The zero-order chi connectivity index (χ0) is 0. The quantitative estimate of drug-likeness (QED) is 0.320. The van der Waals surface area contributed by atoms with Gasteiger partial charge in [-0.1, -0.05) is 0 Å². The van der Waals surface area contributed by atoms with E-state index in [-0.39, 0.29) is 82.1 Å². The van der Waals surface area contributed by atoms with Crippen molar-refractivity contribution in [2.45, 2.75) is 0 Å². The summed E-state index contributed by atoms with van der Waals surface area (Å²) in [5, 5.41) is 0. The van der Waals surface area contributed by atoms with E-state index in [9.17, 15) is 0 Å². The molecular weight excluding hydrogens is 666 g/mol. The largest absolute Gasteiger partial charge is 0 e. The summed E-state index contributed by atoms with van der Waals surface area (Å²) in [6, 6.07) is 0. The van der Waals surface area contributed by atoms with Gasteiger partial charge in [0.1, 0.15) is 0 Å². The predicted octanol–water partition coefficient (Wildman–Crippen LogP) is -0.0100. The summed E-state index contributed by atoms with van der Waals surface area (Å²) in [4.78, 5) is 0. The molecule has 0 N–H and O–H groups in total. The van der Waals surface area contributed by atoms with Gasteiger partial charge in [0, 0.05) is 82.1 Å². The van der Waals surface area contributed by atoms with Crippen LogP contribution in [-0.2, 0) is 82.1 Å². The second kappa shape index (κ2) is 17.4. The first-order chi connectivity index (χ1) is 0. The van der Waals surface area contributed by atoms with Crippen LogP contribution in [0.4, 0.5) is 0 Å². The van der Waals surface area contributed by atoms with Crippen LogP contribution in [0.25, 0.3) is 0 Å². The van der Waals surface area contributed by atoms with Crippen LogP contribution in [-0.4, -0.2) is 0 Å². The van der Waals surface area contributed by atoms with Gasteiger partial charge in [0.15, 0.2) is 0 Å². The molecule has 31 valence electrons. The van der Waals surface area contributed by atoms with Crippen LogP contribution in [0.5, 0.6) is 0 Å². The molecule has 3 radical (unpaired) electrons. The van der Waals surface area contributed by atoms with Gasteiger partial charge in [-0.15, -0.1) is 0 Å². The van der Waals surface area contributed by atoms with Gasteiger partial charge in [-0.25, -0.2) is 0 Å². The van der Waals surface area contributed by atoms with E-state index in [0.717, 1.165) is 0 Å². The van der Waals surface area contributed by atoms with E-state index in [4.69, 9.17) is 0 Å². The standard InChI is InChI=1S/2Ir.Ru.Ta. The Morgan fingerprint density at radius 1 is 0.750 bits per heavy atom. The summed E-state index contributed by atoms with van der Waals surface area (Å²) in [5.41, 5.74) is 0. The third kappa shape index (κ3) is 8.82. The van der Waals surface area contributed by atoms with E-state index in [0.29, 0.717) is 0 Å². The Hall–Kier alpha value is 2.66. The maximum absolute atomic E-state index is 0. The minimum atomic E-state index is 0. The molecule has 0 saturated heterocycles. The summed E-state index contributed by atoms with van der Waals surface area (Å²) < 4.78 is 0. The van der Waals surface area contributed by atoms with Gasteiger partial charge < -0.3 is 0 Å². The molecule has 0 aromatic carbocycles. The smallest absolute Gasteiger partial charge is 0 e. The van der Waals surface area contributed by atoms with Crippen molar-refractivity contribution in [3.05, 3.63) is 0 Å². The summed E-state index contributed by atoms with van der Waals surface area (Å²) in [6.07, 6.45) is 0. The zero-order valence-corrected chi connectivity index (χ0v) is 11.2. The average Bonchev–Trinajstić information content (AvgIpc) is 0. The van der Waals surface area contributed by atoms with Crippen LogP contribution in [0.3, 0.4) is 0 Å². The van der Waals surface area contributed by atoms with Gasteiger partial charge in [0.05, 0.1) is 0 Å². The van der Waals surface area contributed by atoms with Crippen molar-refractivity contribution in [1.82, 2.24) is 0 Å². The Kier molecular flexibility index (Phi) is 131. The molecule has 0 unspecified atom stereocenters. The molecule has 4 heavy (non-hydrogen) atoms. The van der Waals surface area contributed by atoms with Gasteiger partial charge in [0.25, 0.3) is 0 Å². The molecule has 0 nitrogen and oxygen atoms in total. The first kappa shape index (κ1) is 30.1. The van der Waals surface area contributed by atoms with Crippen molar-refractivity contribution in [2.75, 3.05) is 0 Å². The molecule has 0 aromatic heterocycles. The normalized spacial score (nSPS) is 0. The Morgan fingerprint density at radius 2 is 0.750 bits per heavy atom. The Labute approximate surface area is 80.8 Å². The number of hydrogen-bond donors (Lipinski definition) is 0. The van der Waals surface area contributed by atoms with E-state index in [1.54, 1.807) is 0 Å². The van der Waals surface area contributed by atoms with Crippen molar-refractivity contribution in [2.24, 2.45) is 0 Å². The molecule has 0 aliphatic heterocycles. The minimum absolute atomic E-state index is 0. The van der Waals surface area contributed by atoms with E-state index in [1.807, 2.05) is 0 Å². The molecule has 4 heteroatoms. The monoisotopic (exact) mass is 669 g/mol. The fourth-order valence-electron chi connectivity index (χ4n) is 0. The molecule has 0 spiro atoms. The van der Waals surface area contributed by atoms with Gasteiger partial charge in [0.2, 0.25) is 0 Å². The summed E-state index contributed by atoms with van der Waals surface area (Å²) >= 11 is 0. The van der Waals surface area contributed by atoms with Crippen LogP contribution in [0.15, 0.2) is 0 Å². The maximum Gasteiger partial charge on any atom is 0 e. The third-order valence-electron chi connectivity index (χ3n) is 0. The van der Waals surface area contributed by atoms with E-state index in [2.05, 4.69) is 0 Å². The van der Waals surface area contributed by atoms with Gasteiger partial charge >= 0.3 is 0 Å². The average molecular weight is 666 g/mol. The first-order valence-electron chi connectivity index (χ1n) is 0. The van der Waals surface area contributed by atoms with Gasteiger partial charge in [-0.2, -0.15) is 0 Å². The van der Waals surface area contributed by atoms with Crippen molar-refractivity contribution >= 4 is 0 Å². The Balaban J connectivity index is 0. The molecule has 0 bridgehead atoms. The zero-order valence-electron chi connectivity index (χ0n) is 1.47. The summed E-state index contributed by atoms with van der Waals surface area (Å²) in [7, 11) is 0. The Bertz CT molecular complexity index is 6.00. The van der Waals surface area contributed by atoms with E-state index >= 15 is 0 Å². The predicted molar refractivity (Wildman–Crippen MR) is 0 cm³/mol. The van der Waals surface area contributed by atoms with Crippen LogP contribution >= 0.6 is 0 Å². The molecule has 0 aliphatic carbocycles. The van der Waals surface area contributed by atoms with E-state index < -0.39 is 0 Å². The molecular formula is Ir2RuTa. The second-order valence-corrected chi connectivity index (χ2v) is 0. The van der Waals surface area contributed by atoms with Crippen molar-refractivity contribution in [3.63, 3.8) is 0 Å². The van der Waals surface area contributed by atoms with Crippen molar-refractivity contribution < 1.29 is 82.1 Å². The number of rotatable bonds is 0. The first-order valence-corrected chi connectivity index (χ1v) is 0. The SMILES string of the molecule is [Ir].[Ir].[Ru].[Ta]. The molecule has 0 aliphatic rings. The molecule has 0 rings (SSSR count). The minimum Gasteiger partial charge on any atom is 0 e. The van der Waals surface area contributed by atoms with Gasteiger partial charge in [-0.05, 0) is 0 Å². The van der Waals surface area contributed by atoms with Crippen LogP contribution in [0.1, 0.15) is 0 Å². The Morgan fingerprint density at radius 3 is 0.750 bits per heavy atom. The molecule has 0 heterocycles. The molecule has 0 saturated carbocycles. The molecule has 0 fully saturated rings. The maximum atomic E-state index is 0. The molecule has 0 aromatic rings. The van der Waals surface area contributed by atoms with Gasteiger partial charge in [-0.3, -0.25) is 0 Å². The van der Waals surface area contributed by atoms with E-state index in [1.165, 1.54) is 0 Å². The van der Waals surface area contributed by atoms with Crippen LogP contribution in [0, 0.1) is 0 Å². The van der Waals surface area contributed by atoms with Crippen LogP contribution in [0.2, 0.25) is 0 Å². The second-order valence-electron chi connectivity index (χ2n) is 0. The van der Waals surface area contributed by atoms with Crippen molar-refractivity contribution in [3.8, 4) is 0 Å². The molecule has 0 atom stereocenters. The fourth-order valence-corrected chi connectivity index (χ4v) is 0. The summed E-state index contributed by atoms with van der Waals surface area (Å²) in [5.74, 6) is 0. The summed E-state index contributed by atoms with van der Waals surface area (Å²) in [6.45, 7) is 0. The van der Waals surface area contributed by atoms with Crippen molar-refractivity contribution in [1.29, 1.82) is 0 Å². The number of hydrogen-bond acceptors (Lipinski definition) is 0. The molecule has 0 amide bonds. The fraction of sp³-hybridized carbons (Fsp3) is 0. The topological polar surface area (TPSA) is 0 Å².